The van der Waals surface area contributed by atoms with Crippen molar-refractivity contribution in [3.63, 3.8) is 0 Å². The first-order valence-corrected chi connectivity index (χ1v) is 9.30. The van der Waals surface area contributed by atoms with E-state index in [4.69, 9.17) is 16.9 Å². The van der Waals surface area contributed by atoms with Gasteiger partial charge in [0.15, 0.2) is 0 Å². The molecule has 0 spiro atoms. The maximum absolute atomic E-state index is 12.4. The monoisotopic (exact) mass is 405 g/mol. The van der Waals surface area contributed by atoms with Gasteiger partial charge in [0.05, 0.1) is 5.69 Å². The minimum absolute atomic E-state index is 0.00420. The summed E-state index contributed by atoms with van der Waals surface area (Å²) in [6.45, 7) is 0. The molecular weight excluding hydrogens is 394 g/mol. The lowest BCUT2D eigenvalue weighted by molar-refractivity contribution is 0.0694. The number of aromatic carboxylic acids is 1. The predicted octanol–water partition coefficient (Wildman–Crippen LogP) is 2.41. The third kappa shape index (κ3) is 3.83. The molecule has 138 valence electrons. The number of sulfonamides is 1. The molecule has 2 aromatic heterocycles. The maximum Gasteiger partial charge on any atom is 0.341 e. The Labute approximate surface area is 158 Å². The third-order valence-electron chi connectivity index (χ3n) is 3.61. The summed E-state index contributed by atoms with van der Waals surface area (Å²) in [5.74, 6) is -1.39. The maximum atomic E-state index is 12.4. The van der Waals surface area contributed by atoms with E-state index < -0.39 is 27.1 Å². The standard InChI is InChI=1S/C17H12ClN3O5S/c18-21-15(7-6-14(16(21)22)17(23)24)11-3-1-4-12(9-11)20-27(25,26)13-5-2-8-19-10-13/h1-10,20H,(H,23,24). The Balaban J connectivity index is 1.99. The van der Waals surface area contributed by atoms with Crippen LogP contribution in [0.25, 0.3) is 11.3 Å². The molecule has 8 nitrogen and oxygen atoms in total. The number of aromatic nitrogens is 2. The zero-order valence-corrected chi connectivity index (χ0v) is 15.1. The average molecular weight is 406 g/mol. The second kappa shape index (κ2) is 7.22. The van der Waals surface area contributed by atoms with Gasteiger partial charge in [-0.3, -0.25) is 14.5 Å². The van der Waals surface area contributed by atoms with Crippen LogP contribution < -0.4 is 10.3 Å². The molecule has 0 aliphatic heterocycles. The van der Waals surface area contributed by atoms with Crippen LogP contribution in [0.5, 0.6) is 0 Å². The Morgan fingerprint density at radius 2 is 1.93 bits per heavy atom. The number of nitrogens with one attached hydrogen (secondary N) is 1. The highest BCUT2D eigenvalue weighted by atomic mass is 35.5. The summed E-state index contributed by atoms with van der Waals surface area (Å²) in [5, 5.41) is 8.98. The normalized spacial score (nSPS) is 11.1. The molecule has 3 rings (SSSR count). The van der Waals surface area contributed by atoms with Gasteiger partial charge < -0.3 is 5.11 Å². The quantitative estimate of drug-likeness (QED) is 0.672. The zero-order chi connectivity index (χ0) is 19.6. The van der Waals surface area contributed by atoms with Crippen LogP contribution in [0.3, 0.4) is 0 Å². The molecule has 0 saturated heterocycles. The van der Waals surface area contributed by atoms with Gasteiger partial charge in [0.1, 0.15) is 10.5 Å². The number of pyridine rings is 2. The summed E-state index contributed by atoms with van der Waals surface area (Å²) in [6, 6.07) is 11.6. The van der Waals surface area contributed by atoms with Crippen LogP contribution in [0, 0.1) is 0 Å². The van der Waals surface area contributed by atoms with Crippen molar-refractivity contribution in [3.8, 4) is 11.3 Å². The largest absolute Gasteiger partial charge is 0.477 e. The van der Waals surface area contributed by atoms with Crippen LogP contribution in [-0.2, 0) is 10.0 Å². The minimum atomic E-state index is -3.84. The van der Waals surface area contributed by atoms with Crippen molar-refractivity contribution in [2.75, 3.05) is 4.72 Å². The fourth-order valence-corrected chi connectivity index (χ4v) is 3.61. The van der Waals surface area contributed by atoms with Crippen LogP contribution in [-0.4, -0.2) is 28.6 Å². The van der Waals surface area contributed by atoms with E-state index in [0.717, 1.165) is 6.07 Å². The summed E-state index contributed by atoms with van der Waals surface area (Å²) < 4.78 is 27.9. The van der Waals surface area contributed by atoms with Crippen LogP contribution in [0.2, 0.25) is 0 Å². The first-order chi connectivity index (χ1) is 12.8. The van der Waals surface area contributed by atoms with Gasteiger partial charge >= 0.3 is 5.97 Å². The molecule has 0 unspecified atom stereocenters. The van der Waals surface area contributed by atoms with Gasteiger partial charge in [-0.05, 0) is 36.4 Å². The average Bonchev–Trinajstić information content (AvgIpc) is 2.64. The number of anilines is 1. The molecule has 2 heterocycles. The molecule has 0 aliphatic rings. The van der Waals surface area contributed by atoms with Crippen molar-refractivity contribution in [1.82, 2.24) is 9.07 Å². The molecule has 0 radical (unpaired) electrons. The number of nitrogens with zero attached hydrogens (tertiary/aromatic N) is 2. The first kappa shape index (κ1) is 18.6. The summed E-state index contributed by atoms with van der Waals surface area (Å²) in [6.07, 6.45) is 2.67. The van der Waals surface area contributed by atoms with Crippen molar-refractivity contribution in [1.29, 1.82) is 0 Å². The molecule has 0 atom stereocenters. The molecule has 0 fully saturated rings. The topological polar surface area (TPSA) is 118 Å². The van der Waals surface area contributed by atoms with Crippen LogP contribution in [0.1, 0.15) is 10.4 Å². The Morgan fingerprint density at radius 3 is 2.59 bits per heavy atom. The molecule has 27 heavy (non-hydrogen) atoms. The molecule has 1 aromatic carbocycles. The van der Waals surface area contributed by atoms with Crippen molar-refractivity contribution < 1.29 is 18.3 Å². The van der Waals surface area contributed by atoms with E-state index in [0.29, 0.717) is 9.65 Å². The number of rotatable bonds is 5. The van der Waals surface area contributed by atoms with Gasteiger partial charge in [-0.25, -0.2) is 17.3 Å². The number of benzene rings is 1. The summed E-state index contributed by atoms with van der Waals surface area (Å²) >= 11 is 5.95. The molecule has 3 aromatic rings. The number of hydrogen-bond donors (Lipinski definition) is 2. The van der Waals surface area contributed by atoms with Crippen molar-refractivity contribution in [2.24, 2.45) is 0 Å². The number of carboxylic acid groups (broad SMARTS) is 1. The minimum Gasteiger partial charge on any atom is -0.477 e. The van der Waals surface area contributed by atoms with Crippen LogP contribution in [0.4, 0.5) is 5.69 Å². The molecule has 2 N–H and O–H groups in total. The van der Waals surface area contributed by atoms with Crippen LogP contribution >= 0.6 is 11.8 Å². The van der Waals surface area contributed by atoms with Gasteiger partial charge in [-0.2, -0.15) is 0 Å². The van der Waals surface area contributed by atoms with Crippen molar-refractivity contribution in [3.05, 3.63) is 76.8 Å². The predicted molar refractivity (Wildman–Crippen MR) is 99.4 cm³/mol. The summed E-state index contributed by atoms with van der Waals surface area (Å²) in [4.78, 5) is 26.8. The first-order valence-electron chi connectivity index (χ1n) is 7.48. The Hall–Kier alpha value is -3.17. The smallest absolute Gasteiger partial charge is 0.341 e. The lowest BCUT2D eigenvalue weighted by Gasteiger charge is -2.11. The van der Waals surface area contributed by atoms with Gasteiger partial charge in [0.25, 0.3) is 15.6 Å². The van der Waals surface area contributed by atoms with Crippen LogP contribution in [0.15, 0.2) is 70.6 Å². The molecular formula is C17H12ClN3O5S. The third-order valence-corrected chi connectivity index (χ3v) is 5.32. The van der Waals surface area contributed by atoms with Gasteiger partial charge in [0.2, 0.25) is 0 Å². The molecule has 10 heteroatoms. The Morgan fingerprint density at radius 1 is 1.15 bits per heavy atom. The number of halogens is 1. The zero-order valence-electron chi connectivity index (χ0n) is 13.5. The fraction of sp³-hybridized carbons (Fsp3) is 0. The highest BCUT2D eigenvalue weighted by Gasteiger charge is 2.16. The van der Waals surface area contributed by atoms with E-state index in [-0.39, 0.29) is 16.3 Å². The molecule has 0 bridgehead atoms. The van der Waals surface area contributed by atoms with E-state index in [9.17, 15) is 18.0 Å². The SMILES string of the molecule is O=C(O)c1ccc(-c2cccc(NS(=O)(=O)c3cccnc3)c2)n(Cl)c1=O. The van der Waals surface area contributed by atoms with E-state index in [1.54, 1.807) is 12.1 Å². The van der Waals surface area contributed by atoms with Crippen molar-refractivity contribution in [2.45, 2.75) is 4.90 Å². The highest BCUT2D eigenvalue weighted by Crippen LogP contribution is 2.24. The highest BCUT2D eigenvalue weighted by molar-refractivity contribution is 7.92. The van der Waals surface area contributed by atoms with Gasteiger partial charge in [-0.1, -0.05) is 12.1 Å². The number of carboxylic acids is 1. The number of carbonyl (C=O) groups is 1. The summed E-state index contributed by atoms with van der Waals surface area (Å²) in [7, 11) is -3.84. The van der Waals surface area contributed by atoms with Gasteiger partial charge in [0, 0.05) is 35.4 Å². The van der Waals surface area contributed by atoms with E-state index >= 15 is 0 Å². The van der Waals surface area contributed by atoms with E-state index in [1.807, 2.05) is 0 Å². The molecule has 0 saturated carbocycles. The lowest BCUT2D eigenvalue weighted by Crippen LogP contribution is -2.22. The van der Waals surface area contributed by atoms with E-state index in [2.05, 4.69) is 9.71 Å². The Kier molecular flexibility index (Phi) is 4.98. The second-order valence-corrected chi connectivity index (χ2v) is 7.42. The Bertz CT molecular complexity index is 1180. The lowest BCUT2D eigenvalue weighted by atomic mass is 10.1. The molecule has 0 aliphatic carbocycles. The number of hydrogen-bond acceptors (Lipinski definition) is 5. The second-order valence-electron chi connectivity index (χ2n) is 5.40. The summed E-state index contributed by atoms with van der Waals surface area (Å²) in [5.41, 5.74) is -0.479. The van der Waals surface area contributed by atoms with E-state index in [1.165, 1.54) is 42.7 Å². The van der Waals surface area contributed by atoms with Gasteiger partial charge in [-0.15, -0.1) is 0 Å². The molecule has 0 amide bonds. The van der Waals surface area contributed by atoms with Crippen molar-refractivity contribution >= 4 is 33.5 Å². The fourth-order valence-electron chi connectivity index (χ4n) is 2.35.